The molecule has 3 N–H and O–H groups in total. The molecule has 4 aliphatic rings. The molecule has 3 aromatic rings. The van der Waals surface area contributed by atoms with Crippen LogP contribution in [0.1, 0.15) is 93.4 Å². The minimum atomic E-state index is -5.12. The van der Waals surface area contributed by atoms with Gasteiger partial charge in [0.1, 0.15) is 40.8 Å². The van der Waals surface area contributed by atoms with E-state index >= 15 is 4.79 Å². The Hall–Kier alpha value is -5.66. The third-order valence-corrected chi connectivity index (χ3v) is 15.8. The molecular formula is C47H59F3N6O10S. The molecule has 0 unspecified atom stereocenters. The second-order valence-corrected chi connectivity index (χ2v) is 21.7. The van der Waals surface area contributed by atoms with E-state index in [-0.39, 0.29) is 47.9 Å². The van der Waals surface area contributed by atoms with Crippen LogP contribution in [-0.2, 0) is 24.4 Å². The Morgan fingerprint density at radius 2 is 1.70 bits per heavy atom. The summed E-state index contributed by atoms with van der Waals surface area (Å²) in [5.74, 6) is -3.42. The number of rotatable bonds is 11. The summed E-state index contributed by atoms with van der Waals surface area (Å²) in [7, 11) is -2.66. The molecule has 0 spiro atoms. The molecule has 3 heterocycles. The number of hydrogen-bond acceptors (Lipinski definition) is 11. The second kappa shape index (κ2) is 18.1. The largest absolute Gasteiger partial charge is 0.497 e. The number of carboxylic acid groups (broad SMARTS) is 1. The average molecular weight is 957 g/mol. The molecule has 2 aliphatic heterocycles. The first kappa shape index (κ1) is 49.3. The van der Waals surface area contributed by atoms with E-state index in [1.54, 1.807) is 54.6 Å². The summed E-state index contributed by atoms with van der Waals surface area (Å²) in [6.07, 6.45) is -3.23. The summed E-state index contributed by atoms with van der Waals surface area (Å²) >= 11 is 0. The molecule has 2 aliphatic carbocycles. The monoisotopic (exact) mass is 956 g/mol. The highest BCUT2D eigenvalue weighted by Gasteiger charge is 2.64. The van der Waals surface area contributed by atoms with Crippen LogP contribution >= 0.6 is 0 Å². The number of benzene rings is 2. The van der Waals surface area contributed by atoms with Crippen LogP contribution < -0.4 is 24.2 Å². The topological polar surface area (TPSA) is 207 Å². The lowest BCUT2D eigenvalue weighted by molar-refractivity contribution is -0.222. The number of halogens is 3. The number of sulfonamides is 1. The number of nitrogens with zero attached hydrogens (tertiary/aromatic N) is 4. The Morgan fingerprint density at radius 1 is 1.03 bits per heavy atom. The van der Waals surface area contributed by atoms with E-state index in [1.807, 2.05) is 20.8 Å². The molecule has 67 heavy (non-hydrogen) atoms. The zero-order valence-electron chi connectivity index (χ0n) is 38.8. The van der Waals surface area contributed by atoms with Crippen molar-refractivity contribution in [2.45, 2.75) is 140 Å². The van der Waals surface area contributed by atoms with Crippen molar-refractivity contribution in [3.63, 3.8) is 0 Å². The van der Waals surface area contributed by atoms with Crippen LogP contribution in [0.2, 0.25) is 0 Å². The molecule has 4 amide bonds. The van der Waals surface area contributed by atoms with Crippen LogP contribution in [0.5, 0.6) is 17.4 Å². The molecule has 0 bridgehead atoms. The predicted molar refractivity (Wildman–Crippen MR) is 241 cm³/mol. The smallest absolute Gasteiger partial charge is 0.411 e. The fourth-order valence-electron chi connectivity index (χ4n) is 9.12. The van der Waals surface area contributed by atoms with Gasteiger partial charge in [-0.3, -0.25) is 24.0 Å². The first-order chi connectivity index (χ1) is 31.3. The van der Waals surface area contributed by atoms with E-state index in [9.17, 15) is 41.1 Å². The maximum Gasteiger partial charge on any atom is 0.411 e. The SMILES string of the molecule is COc1ccc2c(O[C@@H]3C[C@H]4C(=O)N[C@]5(C(=O)NS(=O)(=O)C6(C)CC6)C[C@H]5C=CCC[C@@H](C)C[C@@H](C)[C@H](N(C(=O)O)C(C)(C)C(F)(F)F)C(=O)N4C3)nc(-c3ccc(OC(C)C)cc3)nc2c1. The number of aromatic nitrogens is 2. The Labute approximate surface area is 388 Å². The number of nitrogens with one attached hydrogen (secondary N) is 2. The summed E-state index contributed by atoms with van der Waals surface area (Å²) in [6.45, 7) is 9.64. The zero-order chi connectivity index (χ0) is 49.0. The summed E-state index contributed by atoms with van der Waals surface area (Å²) in [5.41, 5.74) is -3.83. The summed E-state index contributed by atoms with van der Waals surface area (Å²) in [6, 6.07) is 8.57. The fraction of sp³-hybridized carbons (Fsp3) is 0.574. The van der Waals surface area contributed by atoms with Crippen molar-refractivity contribution in [2.75, 3.05) is 13.7 Å². The van der Waals surface area contributed by atoms with Gasteiger partial charge < -0.3 is 29.5 Å². The van der Waals surface area contributed by atoms with E-state index in [2.05, 4.69) is 10.0 Å². The quantitative estimate of drug-likeness (QED) is 0.166. The van der Waals surface area contributed by atoms with Crippen LogP contribution in [0, 0.1) is 17.8 Å². The van der Waals surface area contributed by atoms with Crippen LogP contribution in [-0.4, -0.2) is 117 Å². The number of carbonyl (C=O) groups excluding carboxylic acids is 3. The lowest BCUT2D eigenvalue weighted by Crippen LogP contribution is -2.66. The van der Waals surface area contributed by atoms with Crippen molar-refractivity contribution >= 4 is 44.7 Å². The maximum absolute atomic E-state index is 15.3. The van der Waals surface area contributed by atoms with Gasteiger partial charge in [-0.2, -0.15) is 18.2 Å². The summed E-state index contributed by atoms with van der Waals surface area (Å²) in [4.78, 5) is 68.0. The van der Waals surface area contributed by atoms with Gasteiger partial charge in [-0.25, -0.2) is 18.2 Å². The first-order valence-corrected chi connectivity index (χ1v) is 24.0. The molecule has 7 rings (SSSR count). The molecule has 2 saturated carbocycles. The lowest BCUT2D eigenvalue weighted by atomic mass is 9.85. The fourth-order valence-corrected chi connectivity index (χ4v) is 10.4. The van der Waals surface area contributed by atoms with Crippen LogP contribution in [0.3, 0.4) is 0 Å². The predicted octanol–water partition coefficient (Wildman–Crippen LogP) is 7.02. The zero-order valence-corrected chi connectivity index (χ0v) is 39.7. The Morgan fingerprint density at radius 3 is 2.31 bits per heavy atom. The van der Waals surface area contributed by atoms with Crippen molar-refractivity contribution in [2.24, 2.45) is 17.8 Å². The standard InChI is InChI=1S/C47H59F3N6O10S/c1-26(2)65-31-15-13-29(14-16-31)38-51-35-22-32(64-8)17-18-34(35)40(52-38)66-33-23-36-39(57)53-46(42(59)54-67(62,63)45(7)19-20-45)24-30(46)12-10-9-11-27(3)21-28(4)37(41(58)55(36)25-33)56(43(60)61)44(5,6)47(48,49)50/h10,12-18,22,26-28,30,33,36-37H,9,11,19-21,23-25H2,1-8H3,(H,53,57)(H,54,59)(H,60,61)/t27-,28-,30-,33-,36+,37+,46-/m1/s1. The first-order valence-electron chi connectivity index (χ1n) is 22.6. The van der Waals surface area contributed by atoms with Gasteiger partial charge in [-0.1, -0.05) is 26.0 Å². The number of fused-ring (bicyclic) bond motifs is 3. The third kappa shape index (κ3) is 9.86. The maximum atomic E-state index is 15.3. The van der Waals surface area contributed by atoms with Crippen molar-refractivity contribution in [1.29, 1.82) is 0 Å². The van der Waals surface area contributed by atoms with Gasteiger partial charge in [0.15, 0.2) is 5.82 Å². The van der Waals surface area contributed by atoms with Crippen molar-refractivity contribution in [1.82, 2.24) is 29.8 Å². The number of methoxy groups -OCH3 is 1. The van der Waals surface area contributed by atoms with Gasteiger partial charge in [-0.05, 0) is 121 Å². The Bertz CT molecular complexity index is 2550. The molecule has 2 aromatic carbocycles. The molecular weight excluding hydrogens is 898 g/mol. The minimum Gasteiger partial charge on any atom is -0.497 e. The highest BCUT2D eigenvalue weighted by atomic mass is 32.2. The highest BCUT2D eigenvalue weighted by molar-refractivity contribution is 7.91. The molecule has 3 fully saturated rings. The number of alkyl halides is 3. The van der Waals surface area contributed by atoms with Crippen molar-refractivity contribution in [3.8, 4) is 28.8 Å². The number of hydrogen-bond donors (Lipinski definition) is 3. The third-order valence-electron chi connectivity index (χ3n) is 13.6. The van der Waals surface area contributed by atoms with Crippen molar-refractivity contribution < 1.29 is 60.1 Å². The Balaban J connectivity index is 1.31. The molecule has 364 valence electrons. The second-order valence-electron chi connectivity index (χ2n) is 19.5. The lowest BCUT2D eigenvalue weighted by Gasteiger charge is -2.45. The molecule has 1 saturated heterocycles. The van der Waals surface area contributed by atoms with E-state index in [0.29, 0.717) is 67.5 Å². The Kier molecular flexibility index (Phi) is 13.3. The normalized spacial score (nSPS) is 26.7. The van der Waals surface area contributed by atoms with E-state index in [0.717, 1.165) is 4.90 Å². The number of amides is 4. The van der Waals surface area contributed by atoms with Gasteiger partial charge in [0, 0.05) is 24.0 Å². The van der Waals surface area contributed by atoms with Crippen LogP contribution in [0.15, 0.2) is 54.6 Å². The van der Waals surface area contributed by atoms with E-state index in [1.165, 1.54) is 21.0 Å². The van der Waals surface area contributed by atoms with Gasteiger partial charge in [0.05, 0.1) is 35.4 Å². The van der Waals surface area contributed by atoms with E-state index < -0.39 is 92.4 Å². The molecule has 0 radical (unpaired) electrons. The minimum absolute atomic E-state index is 0.0272. The molecule has 16 nitrogen and oxygen atoms in total. The highest BCUT2D eigenvalue weighted by Crippen LogP contribution is 2.48. The summed E-state index contributed by atoms with van der Waals surface area (Å²) in [5, 5.41) is 13.8. The average Bonchev–Trinajstić information content (AvgIpc) is 4.13. The number of allylic oxidation sites excluding steroid dienone is 1. The molecule has 20 heteroatoms. The molecule has 1 aromatic heterocycles. The number of carbonyl (C=O) groups is 4. The van der Waals surface area contributed by atoms with Gasteiger partial charge in [0.2, 0.25) is 27.7 Å². The van der Waals surface area contributed by atoms with Crippen LogP contribution in [0.4, 0.5) is 18.0 Å². The van der Waals surface area contributed by atoms with Crippen molar-refractivity contribution in [3.05, 3.63) is 54.6 Å². The van der Waals surface area contributed by atoms with Gasteiger partial charge >= 0.3 is 12.3 Å². The summed E-state index contributed by atoms with van der Waals surface area (Å²) < 4.78 is 90.2. The molecule has 7 atom stereocenters. The van der Waals surface area contributed by atoms with Gasteiger partial charge in [-0.15, -0.1) is 0 Å². The van der Waals surface area contributed by atoms with Gasteiger partial charge in [0.25, 0.3) is 5.91 Å². The van der Waals surface area contributed by atoms with Crippen LogP contribution in [0.25, 0.3) is 22.3 Å². The van der Waals surface area contributed by atoms with E-state index in [4.69, 9.17) is 24.2 Å². The number of ether oxygens (including phenoxy) is 3.